The molecule has 0 bridgehead atoms. The van der Waals surface area contributed by atoms with Crippen molar-refractivity contribution in [2.24, 2.45) is 0 Å². The maximum Gasteiger partial charge on any atom is 0.524 e. The van der Waals surface area contributed by atoms with Crippen molar-refractivity contribution in [3.63, 3.8) is 0 Å². The summed E-state index contributed by atoms with van der Waals surface area (Å²) in [6.45, 7) is 0. The topological polar surface area (TPSA) is 85.2 Å². The van der Waals surface area contributed by atoms with E-state index in [1.165, 1.54) is 13.2 Å². The largest absolute Gasteiger partial charge is 0.524 e. The third kappa shape index (κ3) is 5.85. The average molecular weight is 588 g/mol. The predicted molar refractivity (Wildman–Crippen MR) is 113 cm³/mol. The molecule has 0 atom stereocenters. The van der Waals surface area contributed by atoms with Gasteiger partial charge in [0.2, 0.25) is 0 Å². The SMILES string of the molecule is COc1ccc(/C=C\c2cc(I)c(OC)c(I)c2)cc1OP(=O)(O)O. The monoisotopic (exact) mass is 588 g/mol. The van der Waals surface area contributed by atoms with Crippen molar-refractivity contribution in [1.29, 1.82) is 0 Å². The molecule has 0 radical (unpaired) electrons. The van der Waals surface area contributed by atoms with Gasteiger partial charge in [0.25, 0.3) is 0 Å². The summed E-state index contributed by atoms with van der Waals surface area (Å²) in [4.78, 5) is 18.0. The van der Waals surface area contributed by atoms with Crippen molar-refractivity contribution in [2.75, 3.05) is 14.2 Å². The Kier molecular flexibility index (Phi) is 7.15. The van der Waals surface area contributed by atoms with Crippen LogP contribution in [-0.2, 0) is 4.57 Å². The summed E-state index contributed by atoms with van der Waals surface area (Å²) >= 11 is 4.42. The zero-order chi connectivity index (χ0) is 18.6. The molecule has 25 heavy (non-hydrogen) atoms. The van der Waals surface area contributed by atoms with Crippen LogP contribution >= 0.6 is 53.0 Å². The van der Waals surface area contributed by atoms with Gasteiger partial charge in [0.15, 0.2) is 11.5 Å². The molecule has 0 aliphatic heterocycles. The Morgan fingerprint density at radius 2 is 1.52 bits per heavy atom. The van der Waals surface area contributed by atoms with Gasteiger partial charge in [-0.15, -0.1) is 0 Å². The molecule has 0 aliphatic carbocycles. The van der Waals surface area contributed by atoms with Gasteiger partial charge < -0.3 is 14.0 Å². The molecule has 0 spiro atoms. The highest BCUT2D eigenvalue weighted by Gasteiger charge is 2.19. The van der Waals surface area contributed by atoms with Gasteiger partial charge >= 0.3 is 7.82 Å². The van der Waals surface area contributed by atoms with Crippen LogP contribution in [0.2, 0.25) is 0 Å². The van der Waals surface area contributed by atoms with Gasteiger partial charge in [0, 0.05) is 0 Å². The van der Waals surface area contributed by atoms with Crippen molar-refractivity contribution in [3.05, 3.63) is 48.6 Å². The molecule has 6 nitrogen and oxygen atoms in total. The molecule has 0 heterocycles. The maximum atomic E-state index is 11.1. The van der Waals surface area contributed by atoms with Crippen molar-refractivity contribution in [2.45, 2.75) is 0 Å². The number of hydrogen-bond acceptors (Lipinski definition) is 4. The number of benzene rings is 2. The number of ether oxygens (including phenoxy) is 2. The molecule has 0 saturated heterocycles. The zero-order valence-electron chi connectivity index (χ0n) is 13.3. The van der Waals surface area contributed by atoms with Crippen LogP contribution in [0.25, 0.3) is 12.2 Å². The lowest BCUT2D eigenvalue weighted by atomic mass is 10.1. The summed E-state index contributed by atoms with van der Waals surface area (Å²) in [5.74, 6) is 1.06. The van der Waals surface area contributed by atoms with Crippen LogP contribution in [0.1, 0.15) is 11.1 Å². The molecule has 9 heteroatoms. The fourth-order valence-corrected chi connectivity index (χ4v) is 4.72. The standard InChI is InChI=1S/C16H15I2O6P/c1-22-14-6-5-10(9-15(14)24-25(19,20)21)3-4-11-7-12(17)16(23-2)13(18)8-11/h3-9H,1-2H3,(H2,19,20,21)/b4-3-. The van der Waals surface area contributed by atoms with E-state index in [1.807, 2.05) is 24.3 Å². The minimum atomic E-state index is -4.67. The highest BCUT2D eigenvalue weighted by molar-refractivity contribution is 14.1. The molecule has 0 saturated carbocycles. The van der Waals surface area contributed by atoms with E-state index in [-0.39, 0.29) is 11.5 Å². The van der Waals surface area contributed by atoms with Crippen molar-refractivity contribution >= 4 is 65.2 Å². The summed E-state index contributed by atoms with van der Waals surface area (Å²) in [5.41, 5.74) is 1.69. The van der Waals surface area contributed by atoms with E-state index >= 15 is 0 Å². The fraction of sp³-hybridized carbons (Fsp3) is 0.125. The Hall–Kier alpha value is -0.810. The van der Waals surface area contributed by atoms with Crippen LogP contribution in [0.5, 0.6) is 17.2 Å². The average Bonchev–Trinajstić information content (AvgIpc) is 2.51. The van der Waals surface area contributed by atoms with E-state index in [4.69, 9.17) is 19.3 Å². The minimum absolute atomic E-state index is 0.0168. The molecule has 2 rings (SSSR count). The number of methoxy groups -OCH3 is 2. The Morgan fingerprint density at radius 3 is 2.04 bits per heavy atom. The summed E-state index contributed by atoms with van der Waals surface area (Å²) < 4.78 is 28.1. The first kappa shape index (κ1) is 20.5. The van der Waals surface area contributed by atoms with Gasteiger partial charge in [-0.25, -0.2) is 4.57 Å². The van der Waals surface area contributed by atoms with Gasteiger partial charge in [-0.1, -0.05) is 18.2 Å². The molecule has 2 N–H and O–H groups in total. The van der Waals surface area contributed by atoms with Gasteiger partial charge in [0.05, 0.1) is 21.4 Å². The summed E-state index contributed by atoms with van der Waals surface area (Å²) in [6.07, 6.45) is 3.72. The third-order valence-corrected chi connectivity index (χ3v) is 5.14. The number of halogens is 2. The summed E-state index contributed by atoms with van der Waals surface area (Å²) in [7, 11) is -1.63. The van der Waals surface area contributed by atoms with Crippen LogP contribution in [0, 0.1) is 7.14 Å². The molecule has 134 valence electrons. The Bertz CT molecular complexity index is 824. The van der Waals surface area contributed by atoms with E-state index in [0.717, 1.165) is 18.5 Å². The highest BCUT2D eigenvalue weighted by atomic mass is 127. The highest BCUT2D eigenvalue weighted by Crippen LogP contribution is 2.42. The Morgan fingerprint density at radius 1 is 0.920 bits per heavy atom. The van der Waals surface area contributed by atoms with E-state index in [0.29, 0.717) is 5.56 Å². The molecule has 0 fully saturated rings. The van der Waals surface area contributed by atoms with Crippen LogP contribution in [0.3, 0.4) is 0 Å². The number of rotatable bonds is 6. The predicted octanol–water partition coefficient (Wildman–Crippen LogP) is 4.55. The van der Waals surface area contributed by atoms with E-state index in [2.05, 4.69) is 49.7 Å². The summed E-state index contributed by atoms with van der Waals surface area (Å²) in [5, 5.41) is 0. The van der Waals surface area contributed by atoms with Gasteiger partial charge in [-0.3, -0.25) is 9.79 Å². The lowest BCUT2D eigenvalue weighted by molar-refractivity contribution is 0.276. The summed E-state index contributed by atoms with van der Waals surface area (Å²) in [6, 6.07) is 8.82. The zero-order valence-corrected chi connectivity index (χ0v) is 18.5. The number of phosphoric acid groups is 1. The first-order chi connectivity index (χ1) is 11.7. The van der Waals surface area contributed by atoms with Crippen LogP contribution < -0.4 is 14.0 Å². The van der Waals surface area contributed by atoms with Crippen molar-refractivity contribution < 1.29 is 28.3 Å². The van der Waals surface area contributed by atoms with Crippen LogP contribution in [0.15, 0.2) is 30.3 Å². The lowest BCUT2D eigenvalue weighted by Crippen LogP contribution is -1.94. The van der Waals surface area contributed by atoms with Crippen molar-refractivity contribution in [1.82, 2.24) is 0 Å². The van der Waals surface area contributed by atoms with Gasteiger partial charge in [0.1, 0.15) is 5.75 Å². The molecule has 2 aromatic rings. The van der Waals surface area contributed by atoms with E-state index in [1.54, 1.807) is 19.2 Å². The molecular weight excluding hydrogens is 573 g/mol. The second-order valence-corrected chi connectivity index (χ2v) is 8.33. The van der Waals surface area contributed by atoms with E-state index < -0.39 is 7.82 Å². The van der Waals surface area contributed by atoms with Gasteiger partial charge in [-0.2, -0.15) is 0 Å². The Labute approximate surface area is 172 Å². The normalized spacial score (nSPS) is 11.6. The molecule has 0 aromatic heterocycles. The molecule has 2 aromatic carbocycles. The molecule has 0 aliphatic rings. The molecule has 0 unspecified atom stereocenters. The second kappa shape index (κ2) is 8.72. The first-order valence-corrected chi connectivity index (χ1v) is 10.6. The smallest absolute Gasteiger partial charge is 0.495 e. The maximum absolute atomic E-state index is 11.1. The quantitative estimate of drug-likeness (QED) is 0.293. The van der Waals surface area contributed by atoms with Crippen LogP contribution in [-0.4, -0.2) is 24.0 Å². The van der Waals surface area contributed by atoms with Crippen LogP contribution in [0.4, 0.5) is 0 Å². The van der Waals surface area contributed by atoms with E-state index in [9.17, 15) is 4.57 Å². The molecule has 0 amide bonds. The van der Waals surface area contributed by atoms with Crippen molar-refractivity contribution in [3.8, 4) is 17.2 Å². The van der Waals surface area contributed by atoms with Gasteiger partial charge in [-0.05, 0) is 80.6 Å². The minimum Gasteiger partial charge on any atom is -0.495 e. The molecular formula is C16H15I2O6P. The fourth-order valence-electron chi connectivity index (χ4n) is 2.06. The Balaban J connectivity index is 2.32. The first-order valence-electron chi connectivity index (χ1n) is 6.88. The lowest BCUT2D eigenvalue weighted by Gasteiger charge is -2.11. The number of phosphoric ester groups is 1. The second-order valence-electron chi connectivity index (χ2n) is 4.84. The number of hydrogen-bond donors (Lipinski definition) is 2. The third-order valence-electron chi connectivity index (χ3n) is 3.10.